The fourth-order valence-corrected chi connectivity index (χ4v) is 1.98. The molecular weight excluding hydrogens is 254 g/mol. The lowest BCUT2D eigenvalue weighted by atomic mass is 10.3. The number of H-pyrrole nitrogens is 1. The summed E-state index contributed by atoms with van der Waals surface area (Å²) in [5.41, 5.74) is 3.21. The second-order valence-electron chi connectivity index (χ2n) is 3.00. The van der Waals surface area contributed by atoms with Gasteiger partial charge in [-0.25, -0.2) is 14.5 Å². The Morgan fingerprint density at radius 2 is 2.06 bits per heavy atom. The summed E-state index contributed by atoms with van der Waals surface area (Å²) in [7, 11) is -4.04. The molecule has 0 bridgehead atoms. The van der Waals surface area contributed by atoms with Crippen molar-refractivity contribution in [2.24, 2.45) is 10.1 Å². The van der Waals surface area contributed by atoms with Gasteiger partial charge in [-0.2, -0.15) is 8.42 Å². The predicted octanol–water partition coefficient (Wildman–Crippen LogP) is -2.16. The monoisotopic (exact) mass is 259 g/mol. The zero-order valence-electron chi connectivity index (χ0n) is 7.96. The second kappa shape index (κ2) is 3.28. The van der Waals surface area contributed by atoms with Crippen molar-refractivity contribution in [2.45, 2.75) is 0 Å². The second-order valence-corrected chi connectivity index (χ2v) is 4.33. The van der Waals surface area contributed by atoms with E-state index in [1.54, 1.807) is 0 Å². The van der Waals surface area contributed by atoms with Crippen molar-refractivity contribution in [1.82, 2.24) is 9.97 Å². The van der Waals surface area contributed by atoms with E-state index in [1.165, 1.54) is 0 Å². The summed E-state index contributed by atoms with van der Waals surface area (Å²) in [5.74, 6) is -2.37. The number of aromatic nitrogens is 2. The molecule has 0 atom stereocenters. The Morgan fingerprint density at radius 3 is 2.65 bits per heavy atom. The first-order valence-corrected chi connectivity index (χ1v) is 5.50. The van der Waals surface area contributed by atoms with E-state index in [1.807, 2.05) is 9.71 Å². The van der Waals surface area contributed by atoms with Crippen molar-refractivity contribution in [2.75, 3.05) is 4.72 Å². The van der Waals surface area contributed by atoms with Crippen LogP contribution in [-0.2, 0) is 10.2 Å². The molecule has 0 unspecified atom stereocenters. The first-order chi connectivity index (χ1) is 7.80. The first kappa shape index (κ1) is 11.1. The van der Waals surface area contributed by atoms with Crippen LogP contribution in [0.3, 0.4) is 0 Å². The van der Waals surface area contributed by atoms with Gasteiger partial charge < -0.3 is 15.8 Å². The Labute approximate surface area is 93.4 Å². The van der Waals surface area contributed by atoms with Gasteiger partial charge in [-0.3, -0.25) is 4.79 Å². The highest BCUT2D eigenvalue weighted by atomic mass is 32.2. The van der Waals surface area contributed by atoms with Crippen LogP contribution in [0.2, 0.25) is 0 Å². The number of aromatic amines is 1. The van der Waals surface area contributed by atoms with Crippen molar-refractivity contribution in [3.05, 3.63) is 21.7 Å². The van der Waals surface area contributed by atoms with Crippen LogP contribution in [0.25, 0.3) is 0 Å². The summed E-state index contributed by atoms with van der Waals surface area (Å²) in [6.45, 7) is 0. The molecule has 0 fully saturated rings. The van der Waals surface area contributed by atoms with Gasteiger partial charge in [-0.15, -0.1) is 4.40 Å². The largest absolute Gasteiger partial charge is 0.476 e. The van der Waals surface area contributed by atoms with Gasteiger partial charge in [0.05, 0.1) is 0 Å². The van der Waals surface area contributed by atoms with Crippen LogP contribution in [0.5, 0.6) is 0 Å². The quantitative estimate of drug-likeness (QED) is 0.445. The highest BCUT2D eigenvalue weighted by Crippen LogP contribution is 2.15. The number of nitrogens with two attached hydrogens (primary N) is 1. The van der Waals surface area contributed by atoms with Crippen molar-refractivity contribution in [1.29, 1.82) is 0 Å². The highest BCUT2D eigenvalue weighted by Gasteiger charge is 2.26. The minimum atomic E-state index is -4.04. The molecule has 2 heterocycles. The molecule has 0 saturated heterocycles. The van der Waals surface area contributed by atoms with E-state index in [4.69, 9.17) is 10.8 Å². The molecular formula is C6H5N5O5S. The van der Waals surface area contributed by atoms with E-state index in [2.05, 4.69) is 9.38 Å². The SMILES string of the molecule is NC1=NS(=O)(=O)Nc2[nH]c(=O)c(C(=O)O)nc21. The summed E-state index contributed by atoms with van der Waals surface area (Å²) in [6.07, 6.45) is 0. The Kier molecular flexibility index (Phi) is 2.13. The van der Waals surface area contributed by atoms with Crippen LogP contribution < -0.4 is 16.0 Å². The number of nitrogens with one attached hydrogen (secondary N) is 2. The van der Waals surface area contributed by atoms with Gasteiger partial charge in [0.15, 0.2) is 11.7 Å². The smallest absolute Gasteiger partial charge is 0.360 e. The molecule has 0 saturated carbocycles. The summed E-state index contributed by atoms with van der Waals surface area (Å²) in [5, 5.41) is 8.65. The molecule has 1 aliphatic rings. The van der Waals surface area contributed by atoms with Crippen molar-refractivity contribution < 1.29 is 18.3 Å². The zero-order chi connectivity index (χ0) is 12.8. The van der Waals surface area contributed by atoms with E-state index in [0.717, 1.165) is 0 Å². The minimum absolute atomic E-state index is 0.239. The molecule has 2 rings (SSSR count). The molecule has 90 valence electrons. The Bertz CT molecular complexity index is 702. The summed E-state index contributed by atoms with van der Waals surface area (Å²) >= 11 is 0. The maximum Gasteiger partial charge on any atom is 0.360 e. The van der Waals surface area contributed by atoms with Gasteiger partial charge in [0, 0.05) is 0 Å². The Balaban J connectivity index is 2.75. The van der Waals surface area contributed by atoms with Crippen molar-refractivity contribution in [3.8, 4) is 0 Å². The topological polar surface area (TPSA) is 168 Å². The lowest BCUT2D eigenvalue weighted by molar-refractivity contribution is 0.0688. The fraction of sp³-hybridized carbons (Fsp3) is 0. The lowest BCUT2D eigenvalue weighted by Gasteiger charge is -2.13. The molecule has 0 radical (unpaired) electrons. The van der Waals surface area contributed by atoms with Crippen LogP contribution in [0.1, 0.15) is 16.2 Å². The van der Waals surface area contributed by atoms with E-state index < -0.39 is 33.3 Å². The lowest BCUT2D eigenvalue weighted by Crippen LogP contribution is -2.33. The maximum absolute atomic E-state index is 11.2. The third kappa shape index (κ3) is 1.82. The number of aromatic carboxylic acids is 1. The predicted molar refractivity (Wildman–Crippen MR) is 55.1 cm³/mol. The van der Waals surface area contributed by atoms with Gasteiger partial charge in [0.1, 0.15) is 5.69 Å². The molecule has 11 heteroatoms. The third-order valence-electron chi connectivity index (χ3n) is 1.81. The van der Waals surface area contributed by atoms with Crippen LogP contribution in [0.4, 0.5) is 5.82 Å². The number of anilines is 1. The summed E-state index contributed by atoms with van der Waals surface area (Å²) in [6, 6.07) is 0. The maximum atomic E-state index is 11.2. The zero-order valence-corrected chi connectivity index (χ0v) is 8.78. The van der Waals surface area contributed by atoms with Crippen LogP contribution in [0, 0.1) is 0 Å². The number of carboxylic acids is 1. The molecule has 0 amide bonds. The molecule has 0 aliphatic carbocycles. The number of rotatable bonds is 1. The Morgan fingerprint density at radius 1 is 1.41 bits per heavy atom. The number of carboxylic acid groups (broad SMARTS) is 1. The standard InChI is InChI=1S/C6H5N5O5S/c7-3-1-4(11-17(15,16)10-3)9-5(12)2(8-1)6(13)14/h(H2,7,10)(H,13,14)(H2,9,11,12). The highest BCUT2D eigenvalue weighted by molar-refractivity contribution is 7.91. The third-order valence-corrected chi connectivity index (χ3v) is 2.71. The molecule has 1 aromatic rings. The van der Waals surface area contributed by atoms with Crippen LogP contribution >= 0.6 is 0 Å². The van der Waals surface area contributed by atoms with E-state index in [9.17, 15) is 18.0 Å². The van der Waals surface area contributed by atoms with Gasteiger partial charge in [0.25, 0.3) is 5.56 Å². The van der Waals surface area contributed by atoms with Crippen LogP contribution in [0.15, 0.2) is 9.19 Å². The van der Waals surface area contributed by atoms with Gasteiger partial charge in [0.2, 0.25) is 5.69 Å². The van der Waals surface area contributed by atoms with Gasteiger partial charge >= 0.3 is 16.2 Å². The molecule has 5 N–H and O–H groups in total. The average Bonchev–Trinajstić information content (AvgIpc) is 2.13. The Hall–Kier alpha value is -2.43. The molecule has 1 aliphatic heterocycles. The minimum Gasteiger partial charge on any atom is -0.476 e. The molecule has 10 nitrogen and oxygen atoms in total. The average molecular weight is 259 g/mol. The molecule has 1 aromatic heterocycles. The normalized spacial score (nSPS) is 16.6. The number of carbonyl (C=O) groups is 1. The number of amidine groups is 1. The number of hydrogen-bond donors (Lipinski definition) is 4. The van der Waals surface area contributed by atoms with Gasteiger partial charge in [-0.1, -0.05) is 0 Å². The van der Waals surface area contributed by atoms with Crippen LogP contribution in [-0.4, -0.2) is 35.3 Å². The molecule has 0 aromatic carbocycles. The van der Waals surface area contributed by atoms with Crippen molar-refractivity contribution in [3.63, 3.8) is 0 Å². The summed E-state index contributed by atoms with van der Waals surface area (Å²) < 4.78 is 27.1. The van der Waals surface area contributed by atoms with Crippen molar-refractivity contribution >= 4 is 27.8 Å². The molecule has 0 spiro atoms. The number of fused-ring (bicyclic) bond motifs is 1. The van der Waals surface area contributed by atoms with E-state index >= 15 is 0 Å². The number of hydrogen-bond acceptors (Lipinski definition) is 6. The molecule has 17 heavy (non-hydrogen) atoms. The number of nitrogens with zero attached hydrogens (tertiary/aromatic N) is 2. The first-order valence-electron chi connectivity index (χ1n) is 4.06. The van der Waals surface area contributed by atoms with E-state index in [-0.39, 0.29) is 11.5 Å². The van der Waals surface area contributed by atoms with E-state index in [0.29, 0.717) is 0 Å². The fourth-order valence-electron chi connectivity index (χ4n) is 1.18. The summed E-state index contributed by atoms with van der Waals surface area (Å²) in [4.78, 5) is 27.3. The van der Waals surface area contributed by atoms with Gasteiger partial charge in [-0.05, 0) is 0 Å².